The Kier molecular flexibility index (Phi) is 4.83. The Balaban J connectivity index is 2.43. The van der Waals surface area contributed by atoms with Gasteiger partial charge in [-0.3, -0.25) is 4.79 Å². The highest BCUT2D eigenvalue weighted by molar-refractivity contribution is 5.66. The summed E-state index contributed by atoms with van der Waals surface area (Å²) in [5, 5.41) is 8.51. The molecule has 0 amide bonds. The first-order valence-corrected chi connectivity index (χ1v) is 5.49. The van der Waals surface area contributed by atoms with E-state index >= 15 is 0 Å². The summed E-state index contributed by atoms with van der Waals surface area (Å²) >= 11 is 0. The number of aryl methyl sites for hydroxylation is 2. The van der Waals surface area contributed by atoms with Gasteiger partial charge in [-0.15, -0.1) is 0 Å². The quantitative estimate of drug-likeness (QED) is 0.753. The maximum absolute atomic E-state index is 10.3. The van der Waals surface area contributed by atoms with E-state index in [1.807, 2.05) is 19.1 Å². The molecule has 1 aromatic rings. The molecular weight excluding hydrogens is 204 g/mol. The van der Waals surface area contributed by atoms with Gasteiger partial charge in [0.05, 0.1) is 7.11 Å². The van der Waals surface area contributed by atoms with Gasteiger partial charge in [0.1, 0.15) is 5.75 Å². The molecule has 1 N–H and O–H groups in total. The molecule has 0 unspecified atom stereocenters. The minimum atomic E-state index is -0.717. The number of aliphatic carboxylic acids is 1. The molecule has 1 aromatic carbocycles. The lowest BCUT2D eigenvalue weighted by atomic mass is 10.0. The van der Waals surface area contributed by atoms with E-state index in [9.17, 15) is 4.79 Å². The summed E-state index contributed by atoms with van der Waals surface area (Å²) in [6.45, 7) is 2.01. The molecule has 16 heavy (non-hydrogen) atoms. The second-order valence-corrected chi connectivity index (χ2v) is 3.90. The van der Waals surface area contributed by atoms with Gasteiger partial charge in [-0.1, -0.05) is 12.1 Å². The third-order valence-electron chi connectivity index (χ3n) is 2.57. The Hall–Kier alpha value is -1.51. The van der Waals surface area contributed by atoms with Gasteiger partial charge in [-0.25, -0.2) is 0 Å². The van der Waals surface area contributed by atoms with E-state index in [0.29, 0.717) is 0 Å². The van der Waals surface area contributed by atoms with Crippen molar-refractivity contribution in [3.05, 3.63) is 29.3 Å². The second-order valence-electron chi connectivity index (χ2n) is 3.90. The number of hydrogen-bond acceptors (Lipinski definition) is 2. The molecule has 0 spiro atoms. The second kappa shape index (κ2) is 6.16. The van der Waals surface area contributed by atoms with Crippen molar-refractivity contribution in [2.45, 2.75) is 32.6 Å². The molecule has 3 heteroatoms. The maximum Gasteiger partial charge on any atom is 0.303 e. The summed E-state index contributed by atoms with van der Waals surface area (Å²) in [6, 6.07) is 6.09. The van der Waals surface area contributed by atoms with Crippen LogP contribution in [0, 0.1) is 6.92 Å². The number of hydrogen-bond donors (Lipinski definition) is 1. The SMILES string of the molecule is COc1ccc(CCCCC(=O)O)cc1C. The van der Waals surface area contributed by atoms with Crippen LogP contribution >= 0.6 is 0 Å². The molecule has 0 atom stereocenters. The molecule has 0 fully saturated rings. The van der Waals surface area contributed by atoms with Crippen LogP contribution in [0.15, 0.2) is 18.2 Å². The summed E-state index contributed by atoms with van der Waals surface area (Å²) in [7, 11) is 1.66. The van der Waals surface area contributed by atoms with E-state index in [-0.39, 0.29) is 6.42 Å². The zero-order chi connectivity index (χ0) is 12.0. The lowest BCUT2D eigenvalue weighted by molar-refractivity contribution is -0.137. The van der Waals surface area contributed by atoms with Crippen LogP contribution in [0.5, 0.6) is 5.75 Å². The maximum atomic E-state index is 10.3. The fourth-order valence-electron chi connectivity index (χ4n) is 1.70. The van der Waals surface area contributed by atoms with Gasteiger partial charge in [0.2, 0.25) is 0 Å². The summed E-state index contributed by atoms with van der Waals surface area (Å²) in [5.74, 6) is 0.181. The highest BCUT2D eigenvalue weighted by Gasteiger charge is 2.01. The number of carboxylic acids is 1. The molecule has 3 nitrogen and oxygen atoms in total. The monoisotopic (exact) mass is 222 g/mol. The van der Waals surface area contributed by atoms with Crippen molar-refractivity contribution in [2.75, 3.05) is 7.11 Å². The summed E-state index contributed by atoms with van der Waals surface area (Å²) in [5.41, 5.74) is 2.36. The number of carboxylic acid groups (broad SMARTS) is 1. The molecule has 0 aliphatic heterocycles. The first-order valence-electron chi connectivity index (χ1n) is 5.49. The first-order chi connectivity index (χ1) is 7.63. The predicted octanol–water partition coefficient (Wildman–Crippen LogP) is 2.80. The smallest absolute Gasteiger partial charge is 0.303 e. The summed E-state index contributed by atoms with van der Waals surface area (Å²) < 4.78 is 5.18. The number of methoxy groups -OCH3 is 1. The minimum Gasteiger partial charge on any atom is -0.496 e. The lowest BCUT2D eigenvalue weighted by Gasteiger charge is -2.07. The fraction of sp³-hybridized carbons (Fsp3) is 0.462. The van der Waals surface area contributed by atoms with Crippen molar-refractivity contribution < 1.29 is 14.6 Å². The molecule has 0 heterocycles. The zero-order valence-electron chi connectivity index (χ0n) is 9.82. The van der Waals surface area contributed by atoms with Crippen LogP contribution in [-0.2, 0) is 11.2 Å². The van der Waals surface area contributed by atoms with Crippen molar-refractivity contribution in [3.63, 3.8) is 0 Å². The van der Waals surface area contributed by atoms with Crippen LogP contribution < -0.4 is 4.74 Å². The van der Waals surface area contributed by atoms with Gasteiger partial charge in [-0.2, -0.15) is 0 Å². The molecule has 1 rings (SSSR count). The molecular formula is C13H18O3. The van der Waals surface area contributed by atoms with Crippen LogP contribution in [0.2, 0.25) is 0 Å². The van der Waals surface area contributed by atoms with Crippen LogP contribution in [0.4, 0.5) is 0 Å². The largest absolute Gasteiger partial charge is 0.496 e. The molecule has 0 bridgehead atoms. The topological polar surface area (TPSA) is 46.5 Å². The van der Waals surface area contributed by atoms with Crippen molar-refractivity contribution >= 4 is 5.97 Å². The molecule has 0 aliphatic rings. The average Bonchev–Trinajstić information content (AvgIpc) is 2.24. The number of rotatable bonds is 6. The van der Waals surface area contributed by atoms with E-state index in [4.69, 9.17) is 9.84 Å². The van der Waals surface area contributed by atoms with E-state index < -0.39 is 5.97 Å². The highest BCUT2D eigenvalue weighted by atomic mass is 16.5. The van der Waals surface area contributed by atoms with Gasteiger partial charge >= 0.3 is 5.97 Å². The molecule has 0 aliphatic carbocycles. The van der Waals surface area contributed by atoms with Crippen molar-refractivity contribution in [1.29, 1.82) is 0 Å². The van der Waals surface area contributed by atoms with E-state index in [2.05, 4.69) is 6.07 Å². The Morgan fingerprint density at radius 2 is 2.12 bits per heavy atom. The fourth-order valence-corrected chi connectivity index (χ4v) is 1.70. The van der Waals surface area contributed by atoms with Crippen LogP contribution in [0.1, 0.15) is 30.4 Å². The Morgan fingerprint density at radius 1 is 1.38 bits per heavy atom. The lowest BCUT2D eigenvalue weighted by Crippen LogP contribution is -1.95. The third-order valence-corrected chi connectivity index (χ3v) is 2.57. The highest BCUT2D eigenvalue weighted by Crippen LogP contribution is 2.19. The van der Waals surface area contributed by atoms with Gasteiger partial charge in [0.25, 0.3) is 0 Å². The van der Waals surface area contributed by atoms with Crippen LogP contribution in [-0.4, -0.2) is 18.2 Å². The van der Waals surface area contributed by atoms with Gasteiger partial charge in [0.15, 0.2) is 0 Å². The molecule has 0 radical (unpaired) electrons. The molecule has 0 saturated carbocycles. The van der Waals surface area contributed by atoms with E-state index in [0.717, 1.165) is 30.6 Å². The number of benzene rings is 1. The minimum absolute atomic E-state index is 0.259. The van der Waals surface area contributed by atoms with Crippen molar-refractivity contribution in [2.24, 2.45) is 0 Å². The standard InChI is InChI=1S/C13H18O3/c1-10-9-11(7-8-12(10)16-2)5-3-4-6-13(14)15/h7-9H,3-6H2,1-2H3,(H,14,15). The van der Waals surface area contributed by atoms with Crippen molar-refractivity contribution in [3.8, 4) is 5.75 Å². The van der Waals surface area contributed by atoms with Crippen LogP contribution in [0.3, 0.4) is 0 Å². The predicted molar refractivity (Wildman–Crippen MR) is 62.9 cm³/mol. The third kappa shape index (κ3) is 3.93. The summed E-state index contributed by atoms with van der Waals surface area (Å²) in [6.07, 6.45) is 2.84. The normalized spacial score (nSPS) is 10.1. The Morgan fingerprint density at radius 3 is 2.69 bits per heavy atom. The van der Waals surface area contributed by atoms with Gasteiger partial charge < -0.3 is 9.84 Å². The average molecular weight is 222 g/mol. The van der Waals surface area contributed by atoms with Crippen LogP contribution in [0.25, 0.3) is 0 Å². The number of carbonyl (C=O) groups is 1. The van der Waals surface area contributed by atoms with Gasteiger partial charge in [0, 0.05) is 6.42 Å². The Labute approximate surface area is 96.1 Å². The van der Waals surface area contributed by atoms with E-state index in [1.54, 1.807) is 7.11 Å². The molecule has 0 saturated heterocycles. The van der Waals surface area contributed by atoms with E-state index in [1.165, 1.54) is 5.56 Å². The van der Waals surface area contributed by atoms with Gasteiger partial charge in [-0.05, 0) is 43.4 Å². The summed E-state index contributed by atoms with van der Waals surface area (Å²) in [4.78, 5) is 10.3. The number of unbranched alkanes of at least 4 members (excludes halogenated alkanes) is 1. The molecule has 88 valence electrons. The Bertz CT molecular complexity index is 358. The zero-order valence-corrected chi connectivity index (χ0v) is 9.82. The number of ether oxygens (including phenoxy) is 1. The molecule has 0 aromatic heterocycles. The van der Waals surface area contributed by atoms with Crippen molar-refractivity contribution in [1.82, 2.24) is 0 Å². The first kappa shape index (κ1) is 12.6.